The topological polar surface area (TPSA) is 104 Å². The number of carboxylic acids is 1. The zero-order chi connectivity index (χ0) is 14.9. The van der Waals surface area contributed by atoms with Crippen LogP contribution in [0.3, 0.4) is 0 Å². The average molecular weight is 277 g/mol. The van der Waals surface area contributed by atoms with E-state index in [4.69, 9.17) is 9.84 Å². The summed E-state index contributed by atoms with van der Waals surface area (Å²) in [6.45, 7) is 5.23. The number of nitrogens with one attached hydrogen (secondary N) is 2. The molecule has 1 aromatic heterocycles. The van der Waals surface area contributed by atoms with Crippen LogP contribution in [0.1, 0.15) is 31.1 Å². The molecule has 7 nitrogen and oxygen atoms in total. The molecule has 0 unspecified atom stereocenters. The third kappa shape index (κ3) is 3.05. The molecule has 3 N–H and O–H groups in total. The van der Waals surface area contributed by atoms with Gasteiger partial charge in [0.05, 0.1) is 11.1 Å². The molecular weight excluding hydrogens is 262 g/mol. The highest BCUT2D eigenvalue weighted by atomic mass is 16.6. The van der Waals surface area contributed by atoms with E-state index in [2.05, 4.69) is 15.3 Å². The predicted molar refractivity (Wildman–Crippen MR) is 72.9 cm³/mol. The van der Waals surface area contributed by atoms with Crippen LogP contribution in [0.5, 0.6) is 0 Å². The molecule has 0 atom stereocenters. The van der Waals surface area contributed by atoms with Gasteiger partial charge < -0.3 is 14.8 Å². The predicted octanol–water partition coefficient (Wildman–Crippen LogP) is 2.61. The third-order valence-electron chi connectivity index (χ3n) is 2.36. The summed E-state index contributed by atoms with van der Waals surface area (Å²) in [4.78, 5) is 29.6. The van der Waals surface area contributed by atoms with Crippen molar-refractivity contribution in [1.82, 2.24) is 9.97 Å². The summed E-state index contributed by atoms with van der Waals surface area (Å²) in [5.41, 5.74) is 0.250. The van der Waals surface area contributed by atoms with Crippen molar-refractivity contribution in [3.8, 4) is 0 Å². The van der Waals surface area contributed by atoms with Gasteiger partial charge in [-0.25, -0.2) is 14.6 Å². The number of H-pyrrole nitrogens is 1. The fourth-order valence-electron chi connectivity index (χ4n) is 1.66. The lowest BCUT2D eigenvalue weighted by molar-refractivity contribution is 0.0633. The van der Waals surface area contributed by atoms with Gasteiger partial charge in [-0.2, -0.15) is 0 Å². The smallest absolute Gasteiger partial charge is 0.414 e. The number of aromatic nitrogens is 2. The maximum atomic E-state index is 11.6. The molecule has 0 fully saturated rings. The van der Waals surface area contributed by atoms with Crippen molar-refractivity contribution in [2.45, 2.75) is 26.4 Å². The van der Waals surface area contributed by atoms with E-state index in [1.807, 2.05) is 0 Å². The summed E-state index contributed by atoms with van der Waals surface area (Å²) in [7, 11) is 0. The van der Waals surface area contributed by atoms with E-state index in [1.165, 1.54) is 6.07 Å². The molecule has 2 rings (SSSR count). The van der Waals surface area contributed by atoms with Crippen LogP contribution >= 0.6 is 0 Å². The number of carbonyl (C=O) groups is 2. The lowest BCUT2D eigenvalue weighted by Gasteiger charge is -2.18. The van der Waals surface area contributed by atoms with E-state index in [9.17, 15) is 9.59 Å². The molecule has 7 heteroatoms. The van der Waals surface area contributed by atoms with E-state index in [0.29, 0.717) is 5.52 Å². The molecule has 0 aliphatic carbocycles. The molecule has 1 heterocycles. The summed E-state index contributed by atoms with van der Waals surface area (Å²) in [5.74, 6) is -0.936. The van der Waals surface area contributed by atoms with Crippen molar-refractivity contribution in [3.63, 3.8) is 0 Å². The van der Waals surface area contributed by atoms with Crippen molar-refractivity contribution < 1.29 is 19.4 Å². The zero-order valence-electron chi connectivity index (χ0n) is 11.4. The summed E-state index contributed by atoms with van der Waals surface area (Å²) in [6.07, 6.45) is -0.659. The number of aromatic carboxylic acids is 1. The summed E-state index contributed by atoms with van der Waals surface area (Å²) in [6, 6.07) is 4.72. The lowest BCUT2D eigenvalue weighted by Crippen LogP contribution is -2.27. The van der Waals surface area contributed by atoms with E-state index in [-0.39, 0.29) is 17.0 Å². The standard InChI is InChI=1S/C13H15N3O4/c1-13(2,3)20-12(19)16-11-14-8-6-4-5-7(10(17)18)9(8)15-11/h4-6H,1-3H3,(H,17,18)(H2,14,15,16,19). The Labute approximate surface area is 115 Å². The molecule has 0 spiro atoms. The summed E-state index contributed by atoms with van der Waals surface area (Å²) >= 11 is 0. The fourth-order valence-corrected chi connectivity index (χ4v) is 1.66. The van der Waals surface area contributed by atoms with E-state index >= 15 is 0 Å². The van der Waals surface area contributed by atoms with Gasteiger partial charge in [-0.15, -0.1) is 0 Å². The number of nitrogens with zero attached hydrogens (tertiary/aromatic N) is 1. The number of para-hydroxylation sites is 1. The number of carbonyl (C=O) groups excluding carboxylic acids is 1. The largest absolute Gasteiger partial charge is 0.478 e. The average Bonchev–Trinajstić information content (AvgIpc) is 2.67. The number of fused-ring (bicyclic) bond motifs is 1. The first-order chi connectivity index (χ1) is 9.26. The van der Waals surface area contributed by atoms with Gasteiger partial charge in [0.15, 0.2) is 0 Å². The van der Waals surface area contributed by atoms with Crippen LogP contribution in [0.4, 0.5) is 10.7 Å². The Morgan fingerprint density at radius 2 is 2.05 bits per heavy atom. The van der Waals surface area contributed by atoms with Crippen LogP contribution in [0, 0.1) is 0 Å². The van der Waals surface area contributed by atoms with Gasteiger partial charge in [0.1, 0.15) is 11.1 Å². The Kier molecular flexibility index (Phi) is 3.35. The Morgan fingerprint density at radius 3 is 2.65 bits per heavy atom. The second-order valence-corrected chi connectivity index (χ2v) is 5.22. The lowest BCUT2D eigenvalue weighted by atomic mass is 10.2. The van der Waals surface area contributed by atoms with Gasteiger partial charge in [-0.1, -0.05) is 6.07 Å². The number of rotatable bonds is 2. The number of carboxylic acid groups (broad SMARTS) is 1. The fraction of sp³-hybridized carbons (Fsp3) is 0.308. The molecule has 20 heavy (non-hydrogen) atoms. The molecule has 1 amide bonds. The number of aromatic amines is 1. The van der Waals surface area contributed by atoms with Crippen molar-refractivity contribution >= 4 is 29.0 Å². The first-order valence-corrected chi connectivity index (χ1v) is 5.98. The molecule has 1 aromatic carbocycles. The molecule has 2 aromatic rings. The maximum absolute atomic E-state index is 11.6. The summed E-state index contributed by atoms with van der Waals surface area (Å²) < 4.78 is 5.09. The van der Waals surface area contributed by atoms with Gasteiger partial charge in [0.2, 0.25) is 5.95 Å². The molecule has 0 radical (unpaired) electrons. The Bertz CT molecular complexity index is 670. The van der Waals surface area contributed by atoms with E-state index in [0.717, 1.165) is 0 Å². The second-order valence-electron chi connectivity index (χ2n) is 5.22. The van der Waals surface area contributed by atoms with Crippen molar-refractivity contribution in [2.75, 3.05) is 5.32 Å². The third-order valence-corrected chi connectivity index (χ3v) is 2.36. The van der Waals surface area contributed by atoms with Gasteiger partial charge in [0.25, 0.3) is 0 Å². The number of hydrogen-bond acceptors (Lipinski definition) is 4. The molecule has 0 aliphatic heterocycles. The van der Waals surface area contributed by atoms with Gasteiger partial charge in [0, 0.05) is 0 Å². The Morgan fingerprint density at radius 1 is 1.35 bits per heavy atom. The normalized spacial score (nSPS) is 11.3. The highest BCUT2D eigenvalue weighted by molar-refractivity contribution is 6.01. The van der Waals surface area contributed by atoms with Crippen LogP contribution in [0.25, 0.3) is 11.0 Å². The molecule has 0 aliphatic rings. The Balaban J connectivity index is 2.27. The number of benzene rings is 1. The first-order valence-electron chi connectivity index (χ1n) is 5.98. The van der Waals surface area contributed by atoms with Crippen LogP contribution in [-0.4, -0.2) is 32.7 Å². The Hall–Kier alpha value is -2.57. The van der Waals surface area contributed by atoms with Gasteiger partial charge >= 0.3 is 12.1 Å². The second kappa shape index (κ2) is 4.84. The monoisotopic (exact) mass is 277 g/mol. The highest BCUT2D eigenvalue weighted by Gasteiger charge is 2.18. The zero-order valence-corrected chi connectivity index (χ0v) is 11.4. The SMILES string of the molecule is CC(C)(C)OC(=O)Nc1nc2c(C(=O)O)cccc2[nH]1. The number of anilines is 1. The molecule has 0 saturated heterocycles. The highest BCUT2D eigenvalue weighted by Crippen LogP contribution is 2.19. The quantitative estimate of drug-likeness (QED) is 0.782. The number of ether oxygens (including phenoxy) is 1. The van der Waals surface area contributed by atoms with Crippen molar-refractivity contribution in [1.29, 1.82) is 0 Å². The molecule has 106 valence electrons. The van der Waals surface area contributed by atoms with Crippen LogP contribution < -0.4 is 5.32 Å². The minimum absolute atomic E-state index is 0.0657. The van der Waals surface area contributed by atoms with E-state index in [1.54, 1.807) is 32.9 Å². The van der Waals surface area contributed by atoms with Gasteiger partial charge in [-0.05, 0) is 32.9 Å². The minimum Gasteiger partial charge on any atom is -0.478 e. The first kappa shape index (κ1) is 13.9. The molecule has 0 saturated carbocycles. The number of amides is 1. The number of hydrogen-bond donors (Lipinski definition) is 3. The molecular formula is C13H15N3O4. The number of imidazole rings is 1. The van der Waals surface area contributed by atoms with Crippen LogP contribution in [0.2, 0.25) is 0 Å². The summed E-state index contributed by atoms with van der Waals surface area (Å²) in [5, 5.41) is 11.5. The van der Waals surface area contributed by atoms with Crippen molar-refractivity contribution in [2.24, 2.45) is 0 Å². The van der Waals surface area contributed by atoms with E-state index < -0.39 is 17.7 Å². The minimum atomic E-state index is -1.08. The maximum Gasteiger partial charge on any atom is 0.414 e. The van der Waals surface area contributed by atoms with Crippen LogP contribution in [0.15, 0.2) is 18.2 Å². The van der Waals surface area contributed by atoms with Crippen LogP contribution in [-0.2, 0) is 4.74 Å². The molecule has 0 bridgehead atoms. The van der Waals surface area contributed by atoms with Crippen molar-refractivity contribution in [3.05, 3.63) is 23.8 Å². The van der Waals surface area contributed by atoms with Gasteiger partial charge in [-0.3, -0.25) is 5.32 Å².